The summed E-state index contributed by atoms with van der Waals surface area (Å²) in [5, 5.41) is 4.02. The first-order chi connectivity index (χ1) is 16.8. The van der Waals surface area contributed by atoms with Crippen LogP contribution in [0.3, 0.4) is 0 Å². The zero-order valence-electron chi connectivity index (χ0n) is 19.8. The Morgan fingerprint density at radius 2 is 1.69 bits per heavy atom. The minimum absolute atomic E-state index is 0.0750. The van der Waals surface area contributed by atoms with Gasteiger partial charge in [-0.15, -0.1) is 0 Å². The molecule has 0 radical (unpaired) electrons. The van der Waals surface area contributed by atoms with E-state index in [1.165, 1.54) is 0 Å². The van der Waals surface area contributed by atoms with Crippen LogP contribution >= 0.6 is 0 Å². The fraction of sp³-hybridized carbons (Fsp3) is 0.143. The molecule has 2 aromatic carbocycles. The Kier molecular flexibility index (Phi) is 5.53. The summed E-state index contributed by atoms with van der Waals surface area (Å²) in [5.74, 6) is -0.318. The number of nitrogen functional groups attached to an aromatic ring is 1. The van der Waals surface area contributed by atoms with Crippen molar-refractivity contribution in [2.75, 3.05) is 5.73 Å². The molecule has 35 heavy (non-hydrogen) atoms. The van der Waals surface area contributed by atoms with Gasteiger partial charge in [0.25, 0.3) is 5.91 Å². The third-order valence-electron chi connectivity index (χ3n) is 5.99. The van der Waals surface area contributed by atoms with E-state index < -0.39 is 11.4 Å². The van der Waals surface area contributed by atoms with Crippen molar-refractivity contribution in [2.45, 2.75) is 26.3 Å². The van der Waals surface area contributed by atoms with Crippen molar-refractivity contribution in [1.29, 1.82) is 0 Å². The average Bonchev–Trinajstić information content (AvgIpc) is 3.31. The normalized spacial score (nSPS) is 11.5. The second kappa shape index (κ2) is 8.68. The van der Waals surface area contributed by atoms with Crippen molar-refractivity contribution >= 4 is 22.6 Å². The number of aromatic amines is 1. The van der Waals surface area contributed by atoms with Crippen molar-refractivity contribution in [1.82, 2.24) is 25.3 Å². The number of nitrogens with two attached hydrogens (primary N) is 1. The third kappa shape index (κ3) is 4.36. The lowest BCUT2D eigenvalue weighted by Crippen LogP contribution is -2.42. The minimum atomic E-state index is -0.660. The lowest BCUT2D eigenvalue weighted by atomic mass is 10.00. The van der Waals surface area contributed by atoms with E-state index >= 15 is 0 Å². The summed E-state index contributed by atoms with van der Waals surface area (Å²) >= 11 is 0. The van der Waals surface area contributed by atoms with Crippen LogP contribution in [-0.2, 0) is 5.54 Å². The van der Waals surface area contributed by atoms with Gasteiger partial charge in [-0.2, -0.15) is 0 Å². The molecule has 0 fully saturated rings. The molecule has 3 heterocycles. The molecular formula is C28H26N6O. The van der Waals surface area contributed by atoms with Gasteiger partial charge in [-0.25, -0.2) is 9.97 Å². The molecule has 5 aromatic rings. The van der Waals surface area contributed by atoms with Crippen LogP contribution in [0.25, 0.3) is 33.4 Å². The van der Waals surface area contributed by atoms with E-state index in [2.05, 4.69) is 20.3 Å². The molecule has 5 rings (SSSR count). The van der Waals surface area contributed by atoms with Crippen LogP contribution in [0, 0.1) is 6.92 Å². The lowest BCUT2D eigenvalue weighted by molar-refractivity contribution is 0.0906. The first kappa shape index (κ1) is 22.3. The Morgan fingerprint density at radius 3 is 2.43 bits per heavy atom. The molecule has 0 saturated heterocycles. The average molecular weight is 463 g/mol. The number of carbonyl (C=O) groups is 1. The van der Waals surface area contributed by atoms with E-state index in [1.807, 2.05) is 93.6 Å². The van der Waals surface area contributed by atoms with Gasteiger partial charge in [0, 0.05) is 34.1 Å². The third-order valence-corrected chi connectivity index (χ3v) is 5.99. The number of rotatable bonds is 5. The maximum absolute atomic E-state index is 13.4. The van der Waals surface area contributed by atoms with Crippen LogP contribution in [0.4, 0.5) is 5.82 Å². The summed E-state index contributed by atoms with van der Waals surface area (Å²) in [6.07, 6.45) is 1.76. The summed E-state index contributed by atoms with van der Waals surface area (Å²) in [7, 11) is 0. The second-order valence-corrected chi connectivity index (χ2v) is 9.07. The number of nitrogens with one attached hydrogen (secondary N) is 2. The number of hydrogen-bond acceptors (Lipinski definition) is 5. The monoisotopic (exact) mass is 462 g/mol. The predicted molar refractivity (Wildman–Crippen MR) is 139 cm³/mol. The van der Waals surface area contributed by atoms with Crippen LogP contribution in [0.5, 0.6) is 0 Å². The van der Waals surface area contributed by atoms with E-state index in [0.717, 1.165) is 33.4 Å². The number of nitrogens with zero attached hydrogens (tertiary/aromatic N) is 3. The van der Waals surface area contributed by atoms with Crippen LogP contribution < -0.4 is 11.1 Å². The van der Waals surface area contributed by atoms with Crippen molar-refractivity contribution in [3.05, 3.63) is 96.1 Å². The van der Waals surface area contributed by atoms with Gasteiger partial charge in [0.05, 0.1) is 22.4 Å². The first-order valence-corrected chi connectivity index (χ1v) is 11.4. The highest BCUT2D eigenvalue weighted by molar-refractivity contribution is 5.98. The number of benzene rings is 2. The van der Waals surface area contributed by atoms with Crippen LogP contribution in [-0.4, -0.2) is 25.8 Å². The van der Waals surface area contributed by atoms with E-state index in [-0.39, 0.29) is 11.5 Å². The molecule has 0 unspecified atom stereocenters. The van der Waals surface area contributed by atoms with Gasteiger partial charge in [0.2, 0.25) is 0 Å². The highest BCUT2D eigenvalue weighted by Crippen LogP contribution is 2.32. The summed E-state index contributed by atoms with van der Waals surface area (Å²) in [5.41, 5.74) is 11.4. The van der Waals surface area contributed by atoms with Crippen molar-refractivity contribution in [3.63, 3.8) is 0 Å². The summed E-state index contributed by atoms with van der Waals surface area (Å²) < 4.78 is 0. The van der Waals surface area contributed by atoms with E-state index in [1.54, 1.807) is 6.20 Å². The standard InChI is InChI=1S/C28H26N6O/c1-17-11-14-22(31-17)28(2,3)34-27(35)25-26(29)33-23(18-8-5-4-6-9-18)24(32-25)20-12-13-21-19(16-20)10-7-15-30-21/h4-16,31H,1-3H3,(H2,29,33)(H,34,35). The number of aromatic nitrogens is 4. The number of H-pyrrole nitrogens is 1. The Labute approximate surface area is 203 Å². The number of anilines is 1. The highest BCUT2D eigenvalue weighted by Gasteiger charge is 2.28. The molecule has 174 valence electrons. The van der Waals surface area contributed by atoms with Gasteiger partial charge in [-0.05, 0) is 51.1 Å². The molecular weight excluding hydrogens is 436 g/mol. The number of amides is 1. The largest absolute Gasteiger partial charge is 0.382 e. The summed E-state index contributed by atoms with van der Waals surface area (Å²) in [6.45, 7) is 5.82. The predicted octanol–water partition coefficient (Wildman–Crippen LogP) is 5.24. The van der Waals surface area contributed by atoms with Crippen molar-refractivity contribution in [2.24, 2.45) is 0 Å². The number of carbonyl (C=O) groups excluding carboxylic acids is 1. The molecule has 0 aliphatic rings. The Hall–Kier alpha value is -4.52. The molecule has 7 heteroatoms. The summed E-state index contributed by atoms with van der Waals surface area (Å²) in [4.78, 5) is 30.5. The van der Waals surface area contributed by atoms with Crippen molar-refractivity contribution in [3.8, 4) is 22.5 Å². The molecule has 0 saturated carbocycles. The SMILES string of the molecule is Cc1ccc(C(C)(C)NC(=O)c2nc(-c3ccc4ncccc4c3)c(-c3ccccc3)nc2N)[nH]1. The topological polar surface area (TPSA) is 110 Å². The molecule has 3 aromatic heterocycles. The van der Waals surface area contributed by atoms with Gasteiger partial charge in [0.1, 0.15) is 0 Å². The number of fused-ring (bicyclic) bond motifs is 1. The lowest BCUT2D eigenvalue weighted by Gasteiger charge is -2.25. The number of aryl methyl sites for hydroxylation is 1. The molecule has 1 amide bonds. The fourth-order valence-electron chi connectivity index (χ4n) is 4.12. The Balaban J connectivity index is 1.62. The zero-order chi connectivity index (χ0) is 24.6. The molecule has 0 atom stereocenters. The van der Waals surface area contributed by atoms with E-state index in [4.69, 9.17) is 10.7 Å². The summed E-state index contributed by atoms with van der Waals surface area (Å²) in [6, 6.07) is 23.4. The van der Waals surface area contributed by atoms with E-state index in [9.17, 15) is 4.79 Å². The molecule has 0 aliphatic carbocycles. The molecule has 0 bridgehead atoms. The maximum Gasteiger partial charge on any atom is 0.274 e. The second-order valence-electron chi connectivity index (χ2n) is 9.07. The van der Waals surface area contributed by atoms with Crippen molar-refractivity contribution < 1.29 is 4.79 Å². The van der Waals surface area contributed by atoms with Gasteiger partial charge in [0.15, 0.2) is 11.5 Å². The maximum atomic E-state index is 13.4. The van der Waals surface area contributed by atoms with Crippen LogP contribution in [0.1, 0.15) is 35.7 Å². The van der Waals surface area contributed by atoms with Crippen LogP contribution in [0.2, 0.25) is 0 Å². The minimum Gasteiger partial charge on any atom is -0.382 e. The fourth-order valence-corrected chi connectivity index (χ4v) is 4.12. The Bertz CT molecular complexity index is 1540. The van der Waals surface area contributed by atoms with Gasteiger partial charge in [-0.1, -0.05) is 42.5 Å². The van der Waals surface area contributed by atoms with Crippen LogP contribution in [0.15, 0.2) is 79.0 Å². The quantitative estimate of drug-likeness (QED) is 0.331. The number of pyridine rings is 1. The Morgan fingerprint density at radius 1 is 0.914 bits per heavy atom. The smallest absolute Gasteiger partial charge is 0.274 e. The molecule has 0 aliphatic heterocycles. The molecule has 4 N–H and O–H groups in total. The molecule has 7 nitrogen and oxygen atoms in total. The van der Waals surface area contributed by atoms with Gasteiger partial charge in [-0.3, -0.25) is 9.78 Å². The van der Waals surface area contributed by atoms with E-state index in [0.29, 0.717) is 11.4 Å². The van der Waals surface area contributed by atoms with Gasteiger partial charge < -0.3 is 16.0 Å². The molecule has 0 spiro atoms. The zero-order valence-corrected chi connectivity index (χ0v) is 19.8. The number of hydrogen-bond donors (Lipinski definition) is 3. The van der Waals surface area contributed by atoms with Gasteiger partial charge >= 0.3 is 0 Å². The first-order valence-electron chi connectivity index (χ1n) is 11.4. The highest BCUT2D eigenvalue weighted by atomic mass is 16.2.